The third kappa shape index (κ3) is 2.78. The minimum absolute atomic E-state index is 0.237. The van der Waals surface area contributed by atoms with Gasteiger partial charge in [0.15, 0.2) is 5.58 Å². The minimum Gasteiger partial charge on any atom is -0.507 e. The number of quaternary nitrogens is 1. The highest BCUT2D eigenvalue weighted by Gasteiger charge is 2.27. The Bertz CT molecular complexity index is 1020. The Labute approximate surface area is 153 Å². The first-order chi connectivity index (χ1) is 12.6. The van der Waals surface area contributed by atoms with Gasteiger partial charge >= 0.3 is 5.63 Å². The fourth-order valence-corrected chi connectivity index (χ4v) is 4.56. The van der Waals surface area contributed by atoms with Crippen molar-refractivity contribution in [1.82, 2.24) is 0 Å². The van der Waals surface area contributed by atoms with E-state index in [-0.39, 0.29) is 11.4 Å². The maximum atomic E-state index is 12.5. The largest absolute Gasteiger partial charge is 0.507 e. The first kappa shape index (κ1) is 17.1. The lowest BCUT2D eigenvalue weighted by Gasteiger charge is -2.32. The van der Waals surface area contributed by atoms with Crippen LogP contribution in [0.1, 0.15) is 43.7 Å². The van der Waals surface area contributed by atoms with Gasteiger partial charge in [-0.2, -0.15) is 0 Å². The van der Waals surface area contributed by atoms with Crippen LogP contribution in [-0.4, -0.2) is 17.7 Å². The van der Waals surface area contributed by atoms with Crippen molar-refractivity contribution < 1.29 is 14.4 Å². The van der Waals surface area contributed by atoms with E-state index in [1.165, 1.54) is 24.2 Å². The van der Waals surface area contributed by atoms with Crippen molar-refractivity contribution in [2.45, 2.75) is 52.1 Å². The van der Waals surface area contributed by atoms with Gasteiger partial charge in [0, 0.05) is 10.8 Å². The molecule has 1 aromatic heterocycles. The van der Waals surface area contributed by atoms with Crippen LogP contribution in [0.2, 0.25) is 0 Å². The van der Waals surface area contributed by atoms with Gasteiger partial charge < -0.3 is 14.4 Å². The second kappa shape index (κ2) is 6.76. The third-order valence-electron chi connectivity index (χ3n) is 5.94. The summed E-state index contributed by atoms with van der Waals surface area (Å²) in [5, 5.41) is 13.1. The molecule has 4 rings (SSSR count). The number of hydrogen-bond acceptors (Lipinski definition) is 3. The van der Waals surface area contributed by atoms with E-state index < -0.39 is 0 Å². The van der Waals surface area contributed by atoms with Gasteiger partial charge in [-0.05, 0) is 50.3 Å². The molecule has 0 saturated carbocycles. The number of hydrogen-bond donors (Lipinski definition) is 2. The zero-order chi connectivity index (χ0) is 18.3. The molecule has 0 aliphatic carbocycles. The normalized spacial score (nSPS) is 20.7. The molecule has 0 bridgehead atoms. The van der Waals surface area contributed by atoms with Gasteiger partial charge in [-0.3, -0.25) is 0 Å². The molecule has 1 unspecified atom stereocenters. The van der Waals surface area contributed by atoms with E-state index in [1.807, 2.05) is 31.2 Å². The summed E-state index contributed by atoms with van der Waals surface area (Å²) in [6.07, 6.45) is 4.85. The van der Waals surface area contributed by atoms with E-state index >= 15 is 0 Å². The molecule has 1 fully saturated rings. The Hall–Kier alpha value is -2.33. The summed E-state index contributed by atoms with van der Waals surface area (Å²) in [7, 11) is 0. The summed E-state index contributed by atoms with van der Waals surface area (Å²) < 4.78 is 5.75. The number of piperidine rings is 1. The van der Waals surface area contributed by atoms with Crippen LogP contribution < -0.4 is 10.5 Å². The molecular formula is C22H26NO3+. The summed E-state index contributed by atoms with van der Waals surface area (Å²) in [5.41, 5.74) is 1.92. The summed E-state index contributed by atoms with van der Waals surface area (Å²) in [6.45, 7) is 5.99. The molecule has 2 heterocycles. The molecule has 0 spiro atoms. The number of aromatic hydroxyl groups is 1. The van der Waals surface area contributed by atoms with E-state index in [9.17, 15) is 9.90 Å². The number of nitrogens with one attached hydrogen (secondary N) is 1. The fourth-order valence-electron chi connectivity index (χ4n) is 4.56. The standard InChI is InChI=1S/C22H25NO3/c1-3-15-8-6-7-11-23(15)13-18-19(24)12-14(2)20-16-9-4-5-10-17(16)22(25)26-21(18)20/h4-5,9-10,12,15,24H,3,6-8,11,13H2,1-2H3/p+1/t15-/m1/s1. The predicted molar refractivity (Wildman–Crippen MR) is 104 cm³/mol. The average Bonchev–Trinajstić information content (AvgIpc) is 2.65. The Morgan fingerprint density at radius 3 is 2.77 bits per heavy atom. The molecule has 2 aromatic carbocycles. The van der Waals surface area contributed by atoms with Gasteiger partial charge in [0.05, 0.1) is 23.5 Å². The minimum atomic E-state index is -0.333. The van der Waals surface area contributed by atoms with Crippen LogP contribution in [-0.2, 0) is 6.54 Å². The second-order valence-electron chi connectivity index (χ2n) is 7.52. The van der Waals surface area contributed by atoms with Crippen LogP contribution >= 0.6 is 0 Å². The number of aryl methyl sites for hydroxylation is 1. The van der Waals surface area contributed by atoms with E-state index in [2.05, 4.69) is 6.92 Å². The maximum Gasteiger partial charge on any atom is 0.344 e. The molecule has 3 aromatic rings. The summed E-state index contributed by atoms with van der Waals surface area (Å²) in [6, 6.07) is 9.98. The van der Waals surface area contributed by atoms with Crippen LogP contribution in [0.3, 0.4) is 0 Å². The van der Waals surface area contributed by atoms with Crippen molar-refractivity contribution in [3.8, 4) is 5.75 Å². The number of phenols is 1. The van der Waals surface area contributed by atoms with Crippen molar-refractivity contribution in [2.75, 3.05) is 6.54 Å². The van der Waals surface area contributed by atoms with Crippen LogP contribution in [0.25, 0.3) is 21.7 Å². The SMILES string of the molecule is CC[C@@H]1CCCC[NH+]1Cc1c(O)cc(C)c2c1oc(=O)c1ccccc12. The van der Waals surface area contributed by atoms with Crippen molar-refractivity contribution in [3.63, 3.8) is 0 Å². The number of rotatable bonds is 3. The summed E-state index contributed by atoms with van der Waals surface area (Å²) in [5.74, 6) is 0.237. The molecule has 136 valence electrons. The first-order valence-corrected chi connectivity index (χ1v) is 9.61. The van der Waals surface area contributed by atoms with E-state index in [0.717, 1.165) is 34.9 Å². The lowest BCUT2D eigenvalue weighted by atomic mass is 9.96. The van der Waals surface area contributed by atoms with Crippen molar-refractivity contribution in [2.24, 2.45) is 0 Å². The van der Waals surface area contributed by atoms with Crippen molar-refractivity contribution >= 4 is 21.7 Å². The zero-order valence-electron chi connectivity index (χ0n) is 15.5. The lowest BCUT2D eigenvalue weighted by Crippen LogP contribution is -3.15. The van der Waals surface area contributed by atoms with Crippen molar-refractivity contribution in [3.05, 3.63) is 51.9 Å². The van der Waals surface area contributed by atoms with Gasteiger partial charge in [-0.15, -0.1) is 0 Å². The molecule has 2 N–H and O–H groups in total. The number of benzene rings is 2. The fraction of sp³-hybridized carbons (Fsp3) is 0.409. The van der Waals surface area contributed by atoms with Gasteiger partial charge in [0.2, 0.25) is 0 Å². The maximum absolute atomic E-state index is 12.5. The zero-order valence-corrected chi connectivity index (χ0v) is 15.5. The van der Waals surface area contributed by atoms with Gasteiger partial charge in [0.25, 0.3) is 0 Å². The van der Waals surface area contributed by atoms with Crippen molar-refractivity contribution in [1.29, 1.82) is 0 Å². The molecule has 2 atom stereocenters. The highest BCUT2D eigenvalue weighted by Crippen LogP contribution is 2.33. The number of phenolic OH excluding ortho intramolecular Hbond substituents is 1. The first-order valence-electron chi connectivity index (χ1n) is 9.61. The Kier molecular flexibility index (Phi) is 4.45. The highest BCUT2D eigenvalue weighted by molar-refractivity contribution is 6.07. The average molecular weight is 352 g/mol. The van der Waals surface area contributed by atoms with Crippen LogP contribution in [0.4, 0.5) is 0 Å². The van der Waals surface area contributed by atoms with Gasteiger partial charge in [-0.1, -0.05) is 25.1 Å². The highest BCUT2D eigenvalue weighted by atomic mass is 16.4. The quantitative estimate of drug-likeness (QED) is 0.562. The van der Waals surface area contributed by atoms with Crippen LogP contribution in [0.15, 0.2) is 39.5 Å². The number of fused-ring (bicyclic) bond motifs is 3. The Morgan fingerprint density at radius 2 is 2.00 bits per heavy atom. The molecule has 4 heteroatoms. The molecule has 1 aliphatic rings. The summed E-state index contributed by atoms with van der Waals surface area (Å²) >= 11 is 0. The van der Waals surface area contributed by atoms with Crippen LogP contribution in [0, 0.1) is 6.92 Å². The smallest absolute Gasteiger partial charge is 0.344 e. The lowest BCUT2D eigenvalue weighted by molar-refractivity contribution is -0.944. The topological polar surface area (TPSA) is 54.9 Å². The van der Waals surface area contributed by atoms with Gasteiger partial charge in [-0.25, -0.2) is 4.79 Å². The third-order valence-corrected chi connectivity index (χ3v) is 5.94. The molecule has 1 saturated heterocycles. The monoisotopic (exact) mass is 352 g/mol. The van der Waals surface area contributed by atoms with E-state index in [1.54, 1.807) is 6.07 Å². The molecule has 4 nitrogen and oxygen atoms in total. The second-order valence-corrected chi connectivity index (χ2v) is 7.52. The molecule has 1 aliphatic heterocycles. The van der Waals surface area contributed by atoms with E-state index in [4.69, 9.17) is 4.42 Å². The predicted octanol–water partition coefficient (Wildman–Crippen LogP) is 3.31. The number of likely N-dealkylation sites (tertiary alicyclic amines) is 1. The Balaban J connectivity index is 1.93. The molecule has 0 radical (unpaired) electrons. The molecule has 26 heavy (non-hydrogen) atoms. The van der Waals surface area contributed by atoms with E-state index in [0.29, 0.717) is 23.6 Å². The van der Waals surface area contributed by atoms with Crippen LogP contribution in [0.5, 0.6) is 5.75 Å². The molecule has 0 amide bonds. The summed E-state index contributed by atoms with van der Waals surface area (Å²) in [4.78, 5) is 14.0. The van der Waals surface area contributed by atoms with Gasteiger partial charge in [0.1, 0.15) is 12.3 Å². The molecular weight excluding hydrogens is 326 g/mol. The Morgan fingerprint density at radius 1 is 1.23 bits per heavy atom.